The van der Waals surface area contributed by atoms with Crippen molar-refractivity contribution < 1.29 is 0 Å². The summed E-state index contributed by atoms with van der Waals surface area (Å²) in [5.74, 6) is 1.66. The van der Waals surface area contributed by atoms with Crippen LogP contribution in [0.5, 0.6) is 0 Å². The van der Waals surface area contributed by atoms with Crippen LogP contribution in [-0.2, 0) is 6.42 Å². The predicted octanol–water partition coefficient (Wildman–Crippen LogP) is 4.75. The third kappa shape index (κ3) is 3.05. The Bertz CT molecular complexity index is 627. The van der Waals surface area contributed by atoms with Gasteiger partial charge in [-0.2, -0.15) is 0 Å². The normalized spacial score (nSPS) is 10.7. The predicted molar refractivity (Wildman–Crippen MR) is 85.8 cm³/mol. The number of hydrogen-bond acceptors (Lipinski definition) is 3. The third-order valence-corrected chi connectivity index (χ3v) is 3.59. The first-order valence-electron chi connectivity index (χ1n) is 6.63. The molecule has 0 aliphatic heterocycles. The number of aryl methyl sites for hydroxylation is 1. The second-order valence-corrected chi connectivity index (χ2v) is 5.31. The summed E-state index contributed by atoms with van der Waals surface area (Å²) in [6, 6.07) is 5.45. The minimum absolute atomic E-state index is 0.601. The van der Waals surface area contributed by atoms with E-state index in [9.17, 15) is 0 Å². The van der Waals surface area contributed by atoms with Gasteiger partial charge >= 0.3 is 0 Å². The summed E-state index contributed by atoms with van der Waals surface area (Å²) < 4.78 is 0. The molecule has 0 amide bonds. The Kier molecular flexibility index (Phi) is 4.84. The first-order chi connectivity index (χ1) is 9.56. The highest BCUT2D eigenvalue weighted by atomic mass is 35.5. The molecule has 0 aliphatic rings. The monoisotopic (exact) mass is 309 g/mol. The van der Waals surface area contributed by atoms with Gasteiger partial charge in [-0.25, -0.2) is 9.97 Å². The number of hydrogen-bond donors (Lipinski definition) is 1. The summed E-state index contributed by atoms with van der Waals surface area (Å²) >= 11 is 12.2. The minimum Gasteiger partial charge on any atom is -0.370 e. The van der Waals surface area contributed by atoms with Crippen molar-refractivity contribution in [2.45, 2.75) is 27.2 Å². The molecule has 0 saturated heterocycles. The van der Waals surface area contributed by atoms with Crippen LogP contribution in [0.3, 0.4) is 0 Å². The van der Waals surface area contributed by atoms with Gasteiger partial charge in [-0.05, 0) is 32.0 Å². The zero-order valence-electron chi connectivity index (χ0n) is 11.8. The topological polar surface area (TPSA) is 37.8 Å². The van der Waals surface area contributed by atoms with Crippen LogP contribution >= 0.6 is 23.2 Å². The number of aromatic nitrogens is 2. The molecule has 0 unspecified atom stereocenters. The summed E-state index contributed by atoms with van der Waals surface area (Å²) in [4.78, 5) is 9.14. The van der Waals surface area contributed by atoms with Crippen molar-refractivity contribution in [1.82, 2.24) is 9.97 Å². The molecule has 2 aromatic rings. The summed E-state index contributed by atoms with van der Waals surface area (Å²) in [5, 5.41) is 4.49. The lowest BCUT2D eigenvalue weighted by Crippen LogP contribution is -2.07. The van der Waals surface area contributed by atoms with Gasteiger partial charge in [-0.3, -0.25) is 0 Å². The van der Waals surface area contributed by atoms with Gasteiger partial charge < -0.3 is 5.32 Å². The molecule has 0 aliphatic carbocycles. The Morgan fingerprint density at radius 1 is 1.15 bits per heavy atom. The number of benzene rings is 1. The van der Waals surface area contributed by atoms with E-state index in [0.717, 1.165) is 41.4 Å². The number of rotatable bonds is 4. The highest BCUT2D eigenvalue weighted by Crippen LogP contribution is 2.33. The molecule has 5 heteroatoms. The number of halogens is 2. The van der Waals surface area contributed by atoms with E-state index in [-0.39, 0.29) is 0 Å². The molecular formula is C15H17Cl2N3. The van der Waals surface area contributed by atoms with Crippen molar-refractivity contribution in [3.8, 4) is 11.3 Å². The molecule has 106 valence electrons. The van der Waals surface area contributed by atoms with Crippen molar-refractivity contribution in [3.63, 3.8) is 0 Å². The second kappa shape index (κ2) is 6.42. The molecule has 0 atom stereocenters. The van der Waals surface area contributed by atoms with Gasteiger partial charge in [0, 0.05) is 29.1 Å². The lowest BCUT2D eigenvalue weighted by atomic mass is 10.1. The van der Waals surface area contributed by atoms with E-state index >= 15 is 0 Å². The van der Waals surface area contributed by atoms with Gasteiger partial charge in [-0.1, -0.05) is 30.1 Å². The zero-order valence-corrected chi connectivity index (χ0v) is 13.3. The maximum Gasteiger partial charge on any atom is 0.133 e. The van der Waals surface area contributed by atoms with Gasteiger partial charge in [0.05, 0.1) is 10.7 Å². The molecule has 1 aromatic heterocycles. The lowest BCUT2D eigenvalue weighted by molar-refractivity contribution is 0.930. The van der Waals surface area contributed by atoms with Crippen LogP contribution in [0, 0.1) is 6.92 Å². The molecule has 0 spiro atoms. The van der Waals surface area contributed by atoms with Gasteiger partial charge in [-0.15, -0.1) is 0 Å². The Morgan fingerprint density at radius 3 is 2.50 bits per heavy atom. The highest BCUT2D eigenvalue weighted by molar-refractivity contribution is 6.36. The Balaban J connectivity index is 2.62. The molecule has 1 aromatic carbocycles. The summed E-state index contributed by atoms with van der Waals surface area (Å²) in [6.45, 7) is 6.89. The van der Waals surface area contributed by atoms with Crippen molar-refractivity contribution in [2.75, 3.05) is 11.9 Å². The van der Waals surface area contributed by atoms with Gasteiger partial charge in [0.1, 0.15) is 11.6 Å². The van der Waals surface area contributed by atoms with E-state index in [4.69, 9.17) is 23.2 Å². The van der Waals surface area contributed by atoms with Crippen LogP contribution in [0.1, 0.15) is 25.2 Å². The molecule has 0 fully saturated rings. The smallest absolute Gasteiger partial charge is 0.133 e. The van der Waals surface area contributed by atoms with Gasteiger partial charge in [0.2, 0.25) is 0 Å². The van der Waals surface area contributed by atoms with Gasteiger partial charge in [0.15, 0.2) is 0 Å². The fourth-order valence-electron chi connectivity index (χ4n) is 2.00. The maximum atomic E-state index is 6.30. The van der Waals surface area contributed by atoms with Crippen LogP contribution in [0.15, 0.2) is 18.2 Å². The first kappa shape index (κ1) is 15.1. The van der Waals surface area contributed by atoms with Crippen LogP contribution in [0.2, 0.25) is 10.0 Å². The zero-order chi connectivity index (χ0) is 14.7. The van der Waals surface area contributed by atoms with Crippen molar-refractivity contribution in [3.05, 3.63) is 39.6 Å². The molecule has 0 bridgehead atoms. The molecule has 3 nitrogen and oxygen atoms in total. The largest absolute Gasteiger partial charge is 0.370 e. The average Bonchev–Trinajstić information content (AvgIpc) is 2.42. The van der Waals surface area contributed by atoms with E-state index in [0.29, 0.717) is 10.0 Å². The standard InChI is InChI=1S/C15H17Cl2N3/c1-4-13-19-14(9(3)15(20-13)18-5-2)11-7-6-10(16)8-12(11)17/h6-8H,4-5H2,1-3H3,(H,18,19,20). The minimum atomic E-state index is 0.601. The first-order valence-corrected chi connectivity index (χ1v) is 7.39. The quantitative estimate of drug-likeness (QED) is 0.885. The molecule has 2 rings (SSSR count). The molecule has 0 saturated carbocycles. The van der Waals surface area contributed by atoms with Crippen molar-refractivity contribution in [2.24, 2.45) is 0 Å². The van der Waals surface area contributed by atoms with E-state index in [1.807, 2.05) is 32.9 Å². The van der Waals surface area contributed by atoms with E-state index in [2.05, 4.69) is 15.3 Å². The van der Waals surface area contributed by atoms with Crippen LogP contribution in [0.4, 0.5) is 5.82 Å². The molecule has 0 radical (unpaired) electrons. The second-order valence-electron chi connectivity index (χ2n) is 4.47. The average molecular weight is 310 g/mol. The summed E-state index contributed by atoms with van der Waals surface area (Å²) in [7, 11) is 0. The Hall–Kier alpha value is -1.32. The summed E-state index contributed by atoms with van der Waals surface area (Å²) in [6.07, 6.45) is 0.775. The van der Waals surface area contributed by atoms with Crippen molar-refractivity contribution in [1.29, 1.82) is 0 Å². The van der Waals surface area contributed by atoms with Gasteiger partial charge in [0.25, 0.3) is 0 Å². The van der Waals surface area contributed by atoms with E-state index in [1.54, 1.807) is 6.07 Å². The maximum absolute atomic E-state index is 6.30. The Morgan fingerprint density at radius 2 is 1.90 bits per heavy atom. The lowest BCUT2D eigenvalue weighted by Gasteiger charge is -2.14. The number of nitrogens with zero attached hydrogens (tertiary/aromatic N) is 2. The van der Waals surface area contributed by atoms with Crippen LogP contribution in [-0.4, -0.2) is 16.5 Å². The van der Waals surface area contributed by atoms with E-state index in [1.165, 1.54) is 0 Å². The molecule has 1 heterocycles. The Labute approximate surface area is 129 Å². The van der Waals surface area contributed by atoms with Crippen LogP contribution < -0.4 is 5.32 Å². The highest BCUT2D eigenvalue weighted by Gasteiger charge is 2.14. The van der Waals surface area contributed by atoms with Crippen LogP contribution in [0.25, 0.3) is 11.3 Å². The van der Waals surface area contributed by atoms with Crippen molar-refractivity contribution >= 4 is 29.0 Å². The molecular weight excluding hydrogens is 293 g/mol. The molecule has 1 N–H and O–H groups in total. The third-order valence-electron chi connectivity index (χ3n) is 3.04. The number of nitrogens with one attached hydrogen (secondary N) is 1. The SMILES string of the molecule is CCNc1nc(CC)nc(-c2ccc(Cl)cc2Cl)c1C. The fourth-order valence-corrected chi connectivity index (χ4v) is 2.50. The summed E-state index contributed by atoms with van der Waals surface area (Å²) in [5.41, 5.74) is 2.73. The number of anilines is 1. The van der Waals surface area contributed by atoms with E-state index < -0.39 is 0 Å². The fraction of sp³-hybridized carbons (Fsp3) is 0.333. The molecule has 20 heavy (non-hydrogen) atoms.